The molecule has 4 heteroatoms. The summed E-state index contributed by atoms with van der Waals surface area (Å²) in [5.74, 6) is 6.62. The molecule has 0 aromatic carbocycles. The summed E-state index contributed by atoms with van der Waals surface area (Å²) in [6, 6.07) is 0.345. The first-order chi connectivity index (χ1) is 7.72. The Hall–Kier alpha value is -0.160. The second-order valence-corrected chi connectivity index (χ2v) is 5.09. The maximum absolute atomic E-state index is 5.96. The van der Waals surface area contributed by atoms with Crippen LogP contribution in [0.5, 0.6) is 0 Å². The number of hydrogen-bond donors (Lipinski definition) is 1. The van der Waals surface area contributed by atoms with E-state index >= 15 is 0 Å². The van der Waals surface area contributed by atoms with Crippen LogP contribution in [-0.4, -0.2) is 43.5 Å². The molecule has 0 aromatic heterocycles. The van der Waals surface area contributed by atoms with Gasteiger partial charge in [-0.05, 0) is 38.5 Å². The van der Waals surface area contributed by atoms with Crippen LogP contribution in [0.15, 0.2) is 0 Å². The fourth-order valence-electron chi connectivity index (χ4n) is 3.01. The number of hydrazine groups is 1. The Labute approximate surface area is 98.0 Å². The van der Waals surface area contributed by atoms with Gasteiger partial charge in [0.25, 0.3) is 0 Å². The minimum Gasteiger partial charge on any atom is -0.381 e. The highest BCUT2D eigenvalue weighted by Crippen LogP contribution is 2.32. The molecule has 1 aliphatic heterocycles. The number of nitrogens with zero attached hydrogens (tertiary/aromatic N) is 1. The highest BCUT2D eigenvalue weighted by molar-refractivity contribution is 4.86. The van der Waals surface area contributed by atoms with E-state index in [9.17, 15) is 0 Å². The van der Waals surface area contributed by atoms with Crippen LogP contribution in [0.4, 0.5) is 0 Å². The van der Waals surface area contributed by atoms with Crippen LogP contribution in [0, 0.1) is 5.92 Å². The average molecular weight is 228 g/mol. The summed E-state index contributed by atoms with van der Waals surface area (Å²) in [7, 11) is 1.81. The number of nitrogens with two attached hydrogens (primary N) is 1. The summed E-state index contributed by atoms with van der Waals surface area (Å²) in [4.78, 5) is 0. The number of methoxy groups -OCH3 is 1. The van der Waals surface area contributed by atoms with Crippen molar-refractivity contribution in [1.82, 2.24) is 5.01 Å². The average Bonchev–Trinajstić information content (AvgIpc) is 2.33. The molecule has 1 heterocycles. The van der Waals surface area contributed by atoms with E-state index in [1.165, 1.54) is 12.8 Å². The van der Waals surface area contributed by atoms with Gasteiger partial charge < -0.3 is 9.47 Å². The van der Waals surface area contributed by atoms with Crippen molar-refractivity contribution in [3.8, 4) is 0 Å². The molecule has 2 rings (SSSR count). The lowest BCUT2D eigenvalue weighted by Gasteiger charge is -2.42. The van der Waals surface area contributed by atoms with Gasteiger partial charge >= 0.3 is 0 Å². The van der Waals surface area contributed by atoms with E-state index in [2.05, 4.69) is 6.92 Å². The monoisotopic (exact) mass is 228 g/mol. The Morgan fingerprint density at radius 3 is 2.56 bits per heavy atom. The van der Waals surface area contributed by atoms with Gasteiger partial charge in [0.2, 0.25) is 0 Å². The molecule has 4 nitrogen and oxygen atoms in total. The van der Waals surface area contributed by atoms with Gasteiger partial charge in [-0.1, -0.05) is 0 Å². The smallest absolute Gasteiger partial charge is 0.0770 e. The first-order valence-electron chi connectivity index (χ1n) is 6.38. The normalized spacial score (nSPS) is 42.2. The van der Waals surface area contributed by atoms with Gasteiger partial charge in [0.1, 0.15) is 0 Å². The fourth-order valence-corrected chi connectivity index (χ4v) is 3.01. The molecule has 94 valence electrons. The van der Waals surface area contributed by atoms with Crippen LogP contribution in [0.3, 0.4) is 0 Å². The van der Waals surface area contributed by atoms with E-state index in [1.807, 2.05) is 12.1 Å². The Bertz CT molecular complexity index is 217. The predicted octanol–water partition coefficient (Wildman–Crippen LogP) is 1.15. The maximum atomic E-state index is 5.96. The van der Waals surface area contributed by atoms with Crippen molar-refractivity contribution in [3.63, 3.8) is 0 Å². The second kappa shape index (κ2) is 5.45. The van der Waals surface area contributed by atoms with E-state index in [0.717, 1.165) is 26.0 Å². The highest BCUT2D eigenvalue weighted by atomic mass is 16.5. The van der Waals surface area contributed by atoms with Crippen molar-refractivity contribution in [2.24, 2.45) is 11.8 Å². The zero-order valence-electron chi connectivity index (χ0n) is 10.4. The molecular weight excluding hydrogens is 204 g/mol. The molecular formula is C12H24N2O2. The van der Waals surface area contributed by atoms with E-state index in [0.29, 0.717) is 24.2 Å². The molecule has 0 aromatic rings. The van der Waals surface area contributed by atoms with Gasteiger partial charge in [0.15, 0.2) is 0 Å². The van der Waals surface area contributed by atoms with Gasteiger partial charge in [-0.15, -0.1) is 0 Å². The topological polar surface area (TPSA) is 47.7 Å². The fraction of sp³-hybridized carbons (Fsp3) is 1.00. The van der Waals surface area contributed by atoms with Gasteiger partial charge in [-0.2, -0.15) is 0 Å². The summed E-state index contributed by atoms with van der Waals surface area (Å²) < 4.78 is 11.3. The Morgan fingerprint density at radius 1 is 1.25 bits per heavy atom. The molecule has 2 unspecified atom stereocenters. The number of morpholine rings is 1. The molecule has 0 spiro atoms. The largest absolute Gasteiger partial charge is 0.381 e. The summed E-state index contributed by atoms with van der Waals surface area (Å²) in [5.41, 5.74) is 0. The third-order valence-corrected chi connectivity index (χ3v) is 4.18. The summed E-state index contributed by atoms with van der Waals surface area (Å²) in [6.07, 6.45) is 5.53. The quantitative estimate of drug-likeness (QED) is 0.720. The van der Waals surface area contributed by atoms with Crippen molar-refractivity contribution in [2.45, 2.75) is 50.9 Å². The number of ether oxygens (including phenoxy) is 2. The molecule has 2 aliphatic rings. The molecule has 0 amide bonds. The van der Waals surface area contributed by atoms with Gasteiger partial charge in [0, 0.05) is 19.7 Å². The number of hydrogen-bond acceptors (Lipinski definition) is 4. The lowest BCUT2D eigenvalue weighted by atomic mass is 9.81. The van der Waals surface area contributed by atoms with E-state index < -0.39 is 0 Å². The summed E-state index contributed by atoms with van der Waals surface area (Å²) in [5, 5.41) is 1.93. The van der Waals surface area contributed by atoms with Crippen molar-refractivity contribution < 1.29 is 9.47 Å². The summed E-state index contributed by atoms with van der Waals surface area (Å²) >= 11 is 0. The Balaban J connectivity index is 1.88. The molecule has 2 N–H and O–H groups in total. The lowest BCUT2D eigenvalue weighted by Crippen LogP contribution is -2.55. The molecule has 2 fully saturated rings. The SMILES string of the molecule is COC1CCC(C2OCCN(N)C2C)CC1. The Morgan fingerprint density at radius 2 is 1.94 bits per heavy atom. The minimum atomic E-state index is 0.316. The highest BCUT2D eigenvalue weighted by Gasteiger charge is 2.35. The molecule has 0 bridgehead atoms. The lowest BCUT2D eigenvalue weighted by molar-refractivity contribution is -0.105. The van der Waals surface area contributed by atoms with Crippen LogP contribution in [0.1, 0.15) is 32.6 Å². The van der Waals surface area contributed by atoms with Crippen LogP contribution in [-0.2, 0) is 9.47 Å². The molecule has 16 heavy (non-hydrogen) atoms. The third-order valence-electron chi connectivity index (χ3n) is 4.18. The maximum Gasteiger partial charge on any atom is 0.0770 e. The molecule has 0 radical (unpaired) electrons. The Kier molecular flexibility index (Phi) is 4.19. The van der Waals surface area contributed by atoms with Crippen LogP contribution >= 0.6 is 0 Å². The van der Waals surface area contributed by atoms with E-state index in [4.69, 9.17) is 15.3 Å². The summed E-state index contributed by atoms with van der Waals surface area (Å²) in [6.45, 7) is 3.80. The first-order valence-corrected chi connectivity index (χ1v) is 6.38. The van der Waals surface area contributed by atoms with E-state index in [-0.39, 0.29) is 0 Å². The van der Waals surface area contributed by atoms with Crippen LogP contribution in [0.25, 0.3) is 0 Å². The molecule has 1 saturated heterocycles. The van der Waals surface area contributed by atoms with Crippen LogP contribution in [0.2, 0.25) is 0 Å². The van der Waals surface area contributed by atoms with Crippen molar-refractivity contribution >= 4 is 0 Å². The van der Waals surface area contributed by atoms with Gasteiger partial charge in [-0.3, -0.25) is 5.84 Å². The minimum absolute atomic E-state index is 0.316. The van der Waals surface area contributed by atoms with Gasteiger partial charge in [0.05, 0.1) is 18.8 Å². The molecule has 1 saturated carbocycles. The van der Waals surface area contributed by atoms with Crippen molar-refractivity contribution in [2.75, 3.05) is 20.3 Å². The van der Waals surface area contributed by atoms with Crippen molar-refractivity contribution in [1.29, 1.82) is 0 Å². The first kappa shape index (κ1) is 12.3. The second-order valence-electron chi connectivity index (χ2n) is 5.09. The predicted molar refractivity (Wildman–Crippen MR) is 62.9 cm³/mol. The third kappa shape index (κ3) is 2.56. The zero-order valence-corrected chi connectivity index (χ0v) is 10.4. The van der Waals surface area contributed by atoms with Gasteiger partial charge in [-0.25, -0.2) is 5.01 Å². The molecule has 2 atom stereocenters. The van der Waals surface area contributed by atoms with Crippen molar-refractivity contribution in [3.05, 3.63) is 0 Å². The molecule has 1 aliphatic carbocycles. The standard InChI is InChI=1S/C12H24N2O2/c1-9-12(16-8-7-14(9)13)10-3-5-11(15-2)6-4-10/h9-12H,3-8,13H2,1-2H3. The van der Waals surface area contributed by atoms with E-state index in [1.54, 1.807) is 0 Å². The van der Waals surface area contributed by atoms with Crippen LogP contribution < -0.4 is 5.84 Å². The number of rotatable bonds is 2. The zero-order chi connectivity index (χ0) is 11.5.